The third-order valence-corrected chi connectivity index (χ3v) is 3.88. The lowest BCUT2D eigenvalue weighted by Crippen LogP contribution is -2.03. The Morgan fingerprint density at radius 1 is 0.750 bits per heavy atom. The molecular formula is C23H17NO4. The molecule has 0 fully saturated rings. The lowest BCUT2D eigenvalue weighted by molar-refractivity contribution is -0.384. The van der Waals surface area contributed by atoms with Gasteiger partial charge in [-0.15, -0.1) is 0 Å². The van der Waals surface area contributed by atoms with Crippen LogP contribution in [0.25, 0.3) is 18.2 Å². The van der Waals surface area contributed by atoms with E-state index in [4.69, 9.17) is 4.74 Å². The van der Waals surface area contributed by atoms with Crippen molar-refractivity contribution in [3.05, 3.63) is 112 Å². The average Bonchev–Trinajstić information content (AvgIpc) is 2.72. The molecular weight excluding hydrogens is 354 g/mol. The Labute approximate surface area is 162 Å². The summed E-state index contributed by atoms with van der Waals surface area (Å²) >= 11 is 0. The van der Waals surface area contributed by atoms with Crippen LogP contribution in [0.5, 0.6) is 5.75 Å². The van der Waals surface area contributed by atoms with Crippen LogP contribution in [0, 0.1) is 10.1 Å². The number of hydrogen-bond donors (Lipinski definition) is 0. The fourth-order valence-electron chi connectivity index (χ4n) is 2.43. The van der Waals surface area contributed by atoms with Gasteiger partial charge >= 0.3 is 5.97 Å². The number of carbonyl (C=O) groups excluding carboxylic acids is 1. The maximum Gasteiger partial charge on any atom is 0.336 e. The maximum absolute atomic E-state index is 11.9. The topological polar surface area (TPSA) is 69.4 Å². The molecule has 0 saturated carbocycles. The van der Waals surface area contributed by atoms with Crippen molar-refractivity contribution in [3.8, 4) is 5.75 Å². The quantitative estimate of drug-likeness (QED) is 0.146. The number of carbonyl (C=O) groups is 1. The molecule has 28 heavy (non-hydrogen) atoms. The number of nitro groups is 1. The van der Waals surface area contributed by atoms with Crippen molar-refractivity contribution in [3.63, 3.8) is 0 Å². The molecule has 3 aromatic rings. The van der Waals surface area contributed by atoms with Crippen molar-refractivity contribution in [1.29, 1.82) is 0 Å². The molecule has 0 unspecified atom stereocenters. The van der Waals surface area contributed by atoms with Gasteiger partial charge in [-0.25, -0.2) is 4.79 Å². The van der Waals surface area contributed by atoms with Crippen LogP contribution >= 0.6 is 0 Å². The number of ether oxygens (including phenoxy) is 1. The van der Waals surface area contributed by atoms with Crippen LogP contribution < -0.4 is 4.74 Å². The number of non-ortho nitro benzene ring substituents is 1. The third kappa shape index (κ3) is 5.51. The first kappa shape index (κ1) is 18.8. The summed E-state index contributed by atoms with van der Waals surface area (Å²) in [4.78, 5) is 22.0. The molecule has 138 valence electrons. The summed E-state index contributed by atoms with van der Waals surface area (Å²) in [5.41, 5.74) is 2.98. The Balaban J connectivity index is 1.57. The van der Waals surface area contributed by atoms with E-state index in [0.29, 0.717) is 0 Å². The summed E-state index contributed by atoms with van der Waals surface area (Å²) < 4.78 is 5.12. The van der Waals surface area contributed by atoms with Gasteiger partial charge < -0.3 is 4.74 Å². The van der Waals surface area contributed by atoms with E-state index < -0.39 is 10.9 Å². The second-order valence-electron chi connectivity index (χ2n) is 5.92. The van der Waals surface area contributed by atoms with Crippen molar-refractivity contribution in [1.82, 2.24) is 0 Å². The first-order chi connectivity index (χ1) is 13.6. The molecule has 5 nitrogen and oxygen atoms in total. The van der Waals surface area contributed by atoms with E-state index in [1.165, 1.54) is 30.3 Å². The number of nitrogens with zero attached hydrogens (tertiary/aromatic N) is 1. The van der Waals surface area contributed by atoms with E-state index in [-0.39, 0.29) is 11.4 Å². The smallest absolute Gasteiger partial charge is 0.336 e. The largest absolute Gasteiger partial charge is 0.423 e. The van der Waals surface area contributed by atoms with Gasteiger partial charge in [-0.2, -0.15) is 0 Å². The number of nitro benzene ring substituents is 1. The van der Waals surface area contributed by atoms with Crippen LogP contribution in [0.1, 0.15) is 16.7 Å². The van der Waals surface area contributed by atoms with E-state index in [9.17, 15) is 14.9 Å². The molecule has 0 atom stereocenters. The lowest BCUT2D eigenvalue weighted by Gasteiger charge is -2.01. The fourth-order valence-corrected chi connectivity index (χ4v) is 2.43. The van der Waals surface area contributed by atoms with Gasteiger partial charge in [0.2, 0.25) is 0 Å². The molecule has 0 saturated heterocycles. The second kappa shape index (κ2) is 9.09. The molecule has 0 N–H and O–H groups in total. The molecule has 0 radical (unpaired) electrons. The van der Waals surface area contributed by atoms with E-state index in [1.807, 2.05) is 66.7 Å². The van der Waals surface area contributed by atoms with Gasteiger partial charge in [-0.1, -0.05) is 66.7 Å². The number of esters is 1. The maximum atomic E-state index is 11.9. The van der Waals surface area contributed by atoms with Gasteiger partial charge in [0.1, 0.15) is 5.75 Å². The normalized spacial score (nSPS) is 11.0. The van der Waals surface area contributed by atoms with Crippen LogP contribution in [-0.2, 0) is 4.79 Å². The minimum Gasteiger partial charge on any atom is -0.423 e. The highest BCUT2D eigenvalue weighted by Crippen LogP contribution is 2.17. The van der Waals surface area contributed by atoms with E-state index in [2.05, 4.69) is 0 Å². The molecule has 0 aliphatic carbocycles. The summed E-state index contributed by atoms with van der Waals surface area (Å²) in [6, 6.07) is 23.1. The molecule has 3 aromatic carbocycles. The van der Waals surface area contributed by atoms with Crippen LogP contribution in [0.15, 0.2) is 84.9 Å². The molecule has 0 heterocycles. The third-order valence-electron chi connectivity index (χ3n) is 3.88. The molecule has 0 spiro atoms. The Hall–Kier alpha value is -3.99. The van der Waals surface area contributed by atoms with Gasteiger partial charge in [-0.3, -0.25) is 10.1 Å². The van der Waals surface area contributed by atoms with Crippen molar-refractivity contribution in [2.24, 2.45) is 0 Å². The lowest BCUT2D eigenvalue weighted by atomic mass is 10.1. The van der Waals surface area contributed by atoms with Gasteiger partial charge in [0.05, 0.1) is 4.92 Å². The van der Waals surface area contributed by atoms with Crippen LogP contribution in [-0.4, -0.2) is 10.9 Å². The van der Waals surface area contributed by atoms with Crippen molar-refractivity contribution >= 4 is 29.9 Å². The zero-order valence-corrected chi connectivity index (χ0v) is 14.9. The van der Waals surface area contributed by atoms with Crippen molar-refractivity contribution in [2.45, 2.75) is 0 Å². The molecule has 3 rings (SSSR count). The Bertz CT molecular complexity index is 1000. The Morgan fingerprint density at radius 3 is 1.86 bits per heavy atom. The summed E-state index contributed by atoms with van der Waals surface area (Å²) in [6.07, 6.45) is 7.02. The van der Waals surface area contributed by atoms with Crippen LogP contribution in [0.2, 0.25) is 0 Å². The molecule has 5 heteroatoms. The molecule has 0 aliphatic heterocycles. The highest BCUT2D eigenvalue weighted by atomic mass is 16.6. The highest BCUT2D eigenvalue weighted by Gasteiger charge is 2.06. The number of rotatable bonds is 6. The van der Waals surface area contributed by atoms with Gasteiger partial charge in [0.25, 0.3) is 5.69 Å². The van der Waals surface area contributed by atoms with E-state index in [0.717, 1.165) is 16.7 Å². The standard InChI is InChI=1S/C23H17NO4/c25-23(28-22-15-13-21(14-16-22)24(26)27)17-12-20-10-8-19(9-11-20)7-6-18-4-2-1-3-5-18/h1-17H. The summed E-state index contributed by atoms with van der Waals surface area (Å²) in [6.45, 7) is 0. The van der Waals surface area contributed by atoms with Crippen molar-refractivity contribution in [2.75, 3.05) is 0 Å². The highest BCUT2D eigenvalue weighted by molar-refractivity contribution is 5.88. The summed E-state index contributed by atoms with van der Waals surface area (Å²) in [7, 11) is 0. The monoisotopic (exact) mass is 371 g/mol. The summed E-state index contributed by atoms with van der Waals surface area (Å²) in [5, 5.41) is 10.6. The van der Waals surface area contributed by atoms with E-state index >= 15 is 0 Å². The minimum absolute atomic E-state index is 0.0586. The predicted octanol–water partition coefficient (Wildman–Crippen LogP) is 5.38. The Kier molecular flexibility index (Phi) is 6.10. The molecule has 0 aromatic heterocycles. The van der Waals surface area contributed by atoms with Crippen LogP contribution in [0.3, 0.4) is 0 Å². The first-order valence-electron chi connectivity index (χ1n) is 8.58. The van der Waals surface area contributed by atoms with Gasteiger partial charge in [0, 0.05) is 18.2 Å². The van der Waals surface area contributed by atoms with Crippen molar-refractivity contribution < 1.29 is 14.5 Å². The number of hydrogen-bond acceptors (Lipinski definition) is 4. The van der Waals surface area contributed by atoms with Gasteiger partial charge in [0.15, 0.2) is 0 Å². The first-order valence-corrected chi connectivity index (χ1v) is 8.58. The van der Waals surface area contributed by atoms with E-state index in [1.54, 1.807) is 6.08 Å². The Morgan fingerprint density at radius 2 is 1.29 bits per heavy atom. The fraction of sp³-hybridized carbons (Fsp3) is 0. The van der Waals surface area contributed by atoms with Gasteiger partial charge in [-0.05, 0) is 34.9 Å². The second-order valence-corrected chi connectivity index (χ2v) is 5.92. The molecule has 0 amide bonds. The SMILES string of the molecule is O=C(C=Cc1ccc(C=Cc2ccccc2)cc1)Oc1ccc([N+](=O)[O-])cc1. The predicted molar refractivity (Wildman–Crippen MR) is 110 cm³/mol. The molecule has 0 bridgehead atoms. The molecule has 0 aliphatic rings. The van der Waals surface area contributed by atoms with Crippen LogP contribution in [0.4, 0.5) is 5.69 Å². The minimum atomic E-state index is -0.554. The number of benzene rings is 3. The average molecular weight is 371 g/mol. The summed E-state index contributed by atoms with van der Waals surface area (Å²) in [5.74, 6) is -0.302. The zero-order valence-electron chi connectivity index (χ0n) is 14.9. The zero-order chi connectivity index (χ0) is 19.8.